The third kappa shape index (κ3) is 5.54. The van der Waals surface area contributed by atoms with Gasteiger partial charge in [-0.15, -0.1) is 0 Å². The van der Waals surface area contributed by atoms with E-state index in [-0.39, 0.29) is 24.5 Å². The predicted octanol–water partition coefficient (Wildman–Crippen LogP) is 3.47. The van der Waals surface area contributed by atoms with Gasteiger partial charge in [0.25, 0.3) is 0 Å². The number of anilines is 1. The molecule has 0 unspecified atom stereocenters. The predicted molar refractivity (Wildman–Crippen MR) is 88.7 cm³/mol. The summed E-state index contributed by atoms with van der Waals surface area (Å²) in [6.07, 6.45) is 2.83. The Morgan fingerprint density at radius 3 is 2.52 bits per heavy atom. The minimum absolute atomic E-state index is 0.0665. The van der Waals surface area contributed by atoms with Crippen molar-refractivity contribution < 1.29 is 14.3 Å². The van der Waals surface area contributed by atoms with Gasteiger partial charge in [-0.05, 0) is 42.8 Å². The quantitative estimate of drug-likeness (QED) is 0.758. The largest absolute Gasteiger partial charge is 0.494 e. The molecule has 0 aliphatic heterocycles. The van der Waals surface area contributed by atoms with E-state index in [1.54, 1.807) is 48.7 Å². The van der Waals surface area contributed by atoms with Crippen LogP contribution < -0.4 is 10.1 Å². The first-order chi connectivity index (χ1) is 11.2. The van der Waals surface area contributed by atoms with Crippen LogP contribution in [-0.2, 0) is 4.79 Å². The molecule has 1 N–H and O–H groups in total. The zero-order valence-electron chi connectivity index (χ0n) is 13.1. The summed E-state index contributed by atoms with van der Waals surface area (Å²) >= 11 is 0. The fraction of sp³-hybridized carbons (Fsp3) is 0.278. The van der Waals surface area contributed by atoms with Crippen molar-refractivity contribution in [1.29, 1.82) is 0 Å². The van der Waals surface area contributed by atoms with Gasteiger partial charge in [-0.1, -0.05) is 13.0 Å². The summed E-state index contributed by atoms with van der Waals surface area (Å²) in [5.74, 6) is 0.946. The fourth-order valence-corrected chi connectivity index (χ4v) is 1.97. The summed E-state index contributed by atoms with van der Waals surface area (Å²) in [6.45, 7) is 2.69. The second-order valence-corrected chi connectivity index (χ2v) is 5.06. The minimum atomic E-state index is -0.222. The molecule has 2 aromatic rings. The molecule has 0 saturated heterocycles. The van der Waals surface area contributed by atoms with E-state index in [0.29, 0.717) is 18.0 Å². The molecule has 0 spiro atoms. The van der Waals surface area contributed by atoms with Crippen molar-refractivity contribution in [1.82, 2.24) is 4.98 Å². The molecule has 120 valence electrons. The van der Waals surface area contributed by atoms with Crippen molar-refractivity contribution in [3.05, 3.63) is 54.2 Å². The average molecular weight is 312 g/mol. The van der Waals surface area contributed by atoms with E-state index in [1.165, 1.54) is 0 Å². The Morgan fingerprint density at radius 2 is 1.87 bits per heavy atom. The van der Waals surface area contributed by atoms with Crippen molar-refractivity contribution in [2.75, 3.05) is 11.9 Å². The van der Waals surface area contributed by atoms with Crippen molar-refractivity contribution >= 4 is 17.5 Å². The number of ketones is 1. The van der Waals surface area contributed by atoms with Crippen LogP contribution in [0.25, 0.3) is 0 Å². The maximum Gasteiger partial charge on any atom is 0.225 e. The lowest BCUT2D eigenvalue weighted by molar-refractivity contribution is -0.116. The van der Waals surface area contributed by atoms with Crippen molar-refractivity contribution in [3.8, 4) is 5.75 Å². The molecular weight excluding hydrogens is 292 g/mol. The Balaban J connectivity index is 1.81. The molecule has 1 aromatic heterocycles. The zero-order valence-corrected chi connectivity index (χ0v) is 13.1. The molecule has 0 bridgehead atoms. The highest BCUT2D eigenvalue weighted by Gasteiger charge is 2.10. The molecule has 5 nitrogen and oxygen atoms in total. The highest BCUT2D eigenvalue weighted by molar-refractivity contribution is 5.99. The van der Waals surface area contributed by atoms with Gasteiger partial charge in [-0.2, -0.15) is 0 Å². The molecule has 1 amide bonds. The number of carbonyl (C=O) groups excluding carboxylic acids is 2. The summed E-state index contributed by atoms with van der Waals surface area (Å²) in [4.78, 5) is 27.9. The maximum absolute atomic E-state index is 12.1. The molecule has 2 rings (SSSR count). The van der Waals surface area contributed by atoms with Gasteiger partial charge < -0.3 is 10.1 Å². The fourth-order valence-electron chi connectivity index (χ4n) is 1.97. The van der Waals surface area contributed by atoms with E-state index in [0.717, 1.165) is 12.2 Å². The molecule has 0 aliphatic rings. The summed E-state index contributed by atoms with van der Waals surface area (Å²) in [6, 6.07) is 12.3. The number of nitrogens with one attached hydrogen (secondary N) is 1. The van der Waals surface area contributed by atoms with E-state index in [4.69, 9.17) is 4.74 Å². The Bertz CT molecular complexity index is 639. The van der Waals surface area contributed by atoms with E-state index in [9.17, 15) is 9.59 Å². The molecule has 0 saturated carbocycles. The Kier molecular flexibility index (Phi) is 6.29. The lowest BCUT2D eigenvalue weighted by atomic mass is 10.1. The van der Waals surface area contributed by atoms with Gasteiger partial charge >= 0.3 is 0 Å². The Labute approximate surface area is 135 Å². The molecule has 0 fully saturated rings. The number of benzene rings is 1. The van der Waals surface area contributed by atoms with Gasteiger partial charge in [0.15, 0.2) is 5.78 Å². The Hall–Kier alpha value is -2.69. The zero-order chi connectivity index (χ0) is 16.5. The Morgan fingerprint density at radius 1 is 1.09 bits per heavy atom. The molecule has 1 aromatic carbocycles. The smallest absolute Gasteiger partial charge is 0.225 e. The molecule has 1 heterocycles. The van der Waals surface area contributed by atoms with Crippen LogP contribution >= 0.6 is 0 Å². The number of amides is 1. The van der Waals surface area contributed by atoms with Crippen LogP contribution in [0.1, 0.15) is 36.5 Å². The number of ether oxygens (including phenoxy) is 1. The molecule has 0 atom stereocenters. The van der Waals surface area contributed by atoms with Gasteiger partial charge in [0, 0.05) is 24.6 Å². The topological polar surface area (TPSA) is 68.3 Å². The monoisotopic (exact) mass is 312 g/mol. The number of nitrogens with zero attached hydrogens (tertiary/aromatic N) is 1. The van der Waals surface area contributed by atoms with E-state index in [2.05, 4.69) is 10.3 Å². The van der Waals surface area contributed by atoms with E-state index < -0.39 is 0 Å². The molecule has 0 radical (unpaired) electrons. The van der Waals surface area contributed by atoms with Gasteiger partial charge in [0.2, 0.25) is 5.91 Å². The summed E-state index contributed by atoms with van der Waals surface area (Å²) in [5, 5.41) is 2.66. The van der Waals surface area contributed by atoms with Crippen molar-refractivity contribution in [2.24, 2.45) is 0 Å². The number of hydrogen-bond donors (Lipinski definition) is 1. The summed E-state index contributed by atoms with van der Waals surface area (Å²) in [5.41, 5.74) is 0.583. The first-order valence-corrected chi connectivity index (χ1v) is 7.66. The average Bonchev–Trinajstić information content (AvgIpc) is 2.59. The highest BCUT2D eigenvalue weighted by Crippen LogP contribution is 2.14. The number of pyridine rings is 1. The molecular formula is C18H20N2O3. The van der Waals surface area contributed by atoms with Gasteiger partial charge in [0.1, 0.15) is 11.6 Å². The highest BCUT2D eigenvalue weighted by atomic mass is 16.5. The lowest BCUT2D eigenvalue weighted by Gasteiger charge is -2.06. The second kappa shape index (κ2) is 8.68. The van der Waals surface area contributed by atoms with Crippen molar-refractivity contribution in [3.63, 3.8) is 0 Å². The van der Waals surface area contributed by atoms with Crippen LogP contribution in [-0.4, -0.2) is 23.3 Å². The second-order valence-electron chi connectivity index (χ2n) is 5.06. The minimum Gasteiger partial charge on any atom is -0.494 e. The molecule has 0 aliphatic carbocycles. The van der Waals surface area contributed by atoms with Gasteiger partial charge in [-0.25, -0.2) is 4.98 Å². The number of aromatic nitrogens is 1. The maximum atomic E-state index is 12.1. The SMILES string of the molecule is CCCOc1ccc(C(=O)CCC(=O)Nc2ccccn2)cc1. The van der Waals surface area contributed by atoms with E-state index >= 15 is 0 Å². The van der Waals surface area contributed by atoms with Crippen molar-refractivity contribution in [2.45, 2.75) is 26.2 Å². The lowest BCUT2D eigenvalue weighted by Crippen LogP contribution is -2.14. The number of carbonyl (C=O) groups is 2. The third-order valence-corrected chi connectivity index (χ3v) is 3.16. The standard InChI is InChI=1S/C18H20N2O3/c1-2-13-23-15-8-6-14(7-9-15)16(21)10-11-18(22)20-17-5-3-4-12-19-17/h3-9,12H,2,10-11,13H2,1H3,(H,19,20,22). The third-order valence-electron chi connectivity index (χ3n) is 3.16. The van der Waals surface area contributed by atoms with E-state index in [1.807, 2.05) is 6.92 Å². The number of rotatable bonds is 8. The number of hydrogen-bond acceptors (Lipinski definition) is 4. The van der Waals surface area contributed by atoms with Crippen LogP contribution in [0.5, 0.6) is 5.75 Å². The molecule has 5 heteroatoms. The van der Waals surface area contributed by atoms with Gasteiger partial charge in [-0.3, -0.25) is 9.59 Å². The van der Waals surface area contributed by atoms with Crippen LogP contribution in [0.4, 0.5) is 5.82 Å². The summed E-state index contributed by atoms with van der Waals surface area (Å²) < 4.78 is 5.47. The number of Topliss-reactive ketones (excluding diaryl/α,β-unsaturated/α-hetero) is 1. The van der Waals surface area contributed by atoms with Crippen LogP contribution in [0.2, 0.25) is 0 Å². The van der Waals surface area contributed by atoms with Gasteiger partial charge in [0.05, 0.1) is 6.61 Å². The first kappa shape index (κ1) is 16.7. The molecule has 23 heavy (non-hydrogen) atoms. The van der Waals surface area contributed by atoms with Crippen LogP contribution in [0.3, 0.4) is 0 Å². The normalized spacial score (nSPS) is 10.1. The van der Waals surface area contributed by atoms with Crippen LogP contribution in [0.15, 0.2) is 48.7 Å². The van der Waals surface area contributed by atoms with Crippen LogP contribution in [0, 0.1) is 0 Å². The first-order valence-electron chi connectivity index (χ1n) is 7.66. The summed E-state index contributed by atoms with van der Waals surface area (Å²) in [7, 11) is 0.